The largest absolute Gasteiger partial charge is 0.275 e. The lowest BCUT2D eigenvalue weighted by Crippen LogP contribution is -2.41. The molecule has 2 atom stereocenters. The van der Waals surface area contributed by atoms with Gasteiger partial charge in [-0.05, 0) is 29.7 Å². The first-order chi connectivity index (χ1) is 12.1. The molecular weight excluding hydrogens is 336 g/mol. The van der Waals surface area contributed by atoms with E-state index in [0.29, 0.717) is 11.0 Å². The number of aromatic nitrogens is 3. The van der Waals surface area contributed by atoms with Crippen LogP contribution >= 0.6 is 11.6 Å². The van der Waals surface area contributed by atoms with Crippen LogP contribution < -0.4 is 4.90 Å². The first-order valence-electron chi connectivity index (χ1n) is 8.15. The van der Waals surface area contributed by atoms with Crippen molar-refractivity contribution in [2.24, 2.45) is 0 Å². The van der Waals surface area contributed by atoms with Crippen LogP contribution in [0.4, 0.5) is 5.95 Å². The second kappa shape index (κ2) is 6.33. The normalized spacial score (nSPS) is 19.5. The Balaban J connectivity index is 1.84. The van der Waals surface area contributed by atoms with Gasteiger partial charge in [0.05, 0.1) is 12.1 Å². The van der Waals surface area contributed by atoms with Crippen LogP contribution in [-0.2, 0) is 4.79 Å². The molecule has 1 aliphatic rings. The van der Waals surface area contributed by atoms with E-state index in [4.69, 9.17) is 11.6 Å². The Morgan fingerprint density at radius 1 is 1.04 bits per heavy atom. The zero-order valence-corrected chi connectivity index (χ0v) is 14.5. The number of hydrogen-bond acceptors (Lipinski definition) is 3. The summed E-state index contributed by atoms with van der Waals surface area (Å²) in [5.74, 6) is 0.522. The molecule has 5 nitrogen and oxygen atoms in total. The highest BCUT2D eigenvalue weighted by atomic mass is 35.5. The molecule has 0 spiro atoms. The maximum Gasteiger partial charge on any atom is 0.231 e. The monoisotopic (exact) mass is 352 g/mol. The number of halogens is 1. The highest BCUT2D eigenvalue weighted by Crippen LogP contribution is 2.41. The van der Waals surface area contributed by atoms with Gasteiger partial charge in [0.25, 0.3) is 0 Å². The van der Waals surface area contributed by atoms with Crippen LogP contribution in [0.3, 0.4) is 0 Å². The Morgan fingerprint density at radius 3 is 2.40 bits per heavy atom. The van der Waals surface area contributed by atoms with Gasteiger partial charge in [0, 0.05) is 11.9 Å². The van der Waals surface area contributed by atoms with Crippen LogP contribution in [0.15, 0.2) is 60.9 Å². The molecule has 2 unspecified atom stereocenters. The van der Waals surface area contributed by atoms with Gasteiger partial charge in [0.2, 0.25) is 11.9 Å². The first kappa shape index (κ1) is 15.8. The second-order valence-electron chi connectivity index (χ2n) is 6.12. The Hall–Kier alpha value is -2.66. The number of carbonyl (C=O) groups is 1. The van der Waals surface area contributed by atoms with Crippen molar-refractivity contribution in [3.05, 3.63) is 77.1 Å². The molecule has 6 heteroatoms. The predicted molar refractivity (Wildman–Crippen MR) is 96.6 cm³/mol. The molecule has 1 amide bonds. The molecule has 0 fully saturated rings. The molecular formula is C19H17ClN4O. The lowest BCUT2D eigenvalue weighted by molar-refractivity contribution is -0.117. The molecule has 25 heavy (non-hydrogen) atoms. The number of carbonyl (C=O) groups excluding carboxylic acids is 1. The molecule has 2 aromatic carbocycles. The van der Waals surface area contributed by atoms with Gasteiger partial charge in [-0.1, -0.05) is 54.1 Å². The molecule has 0 saturated heterocycles. The summed E-state index contributed by atoms with van der Waals surface area (Å²) in [5.41, 5.74) is 2.19. The van der Waals surface area contributed by atoms with Gasteiger partial charge in [-0.2, -0.15) is 10.1 Å². The van der Waals surface area contributed by atoms with E-state index >= 15 is 0 Å². The first-order valence-corrected chi connectivity index (χ1v) is 8.52. The van der Waals surface area contributed by atoms with Crippen molar-refractivity contribution in [3.63, 3.8) is 0 Å². The van der Waals surface area contributed by atoms with Gasteiger partial charge in [0.1, 0.15) is 6.33 Å². The molecule has 3 aromatic rings. The van der Waals surface area contributed by atoms with E-state index in [0.717, 1.165) is 17.5 Å². The molecule has 0 bridgehead atoms. The van der Waals surface area contributed by atoms with Crippen molar-refractivity contribution in [2.75, 3.05) is 4.90 Å². The van der Waals surface area contributed by atoms with Crippen molar-refractivity contribution < 1.29 is 4.79 Å². The lowest BCUT2D eigenvalue weighted by atomic mass is 9.92. The quantitative estimate of drug-likeness (QED) is 0.700. The van der Waals surface area contributed by atoms with Gasteiger partial charge in [-0.25, -0.2) is 4.68 Å². The molecule has 1 aliphatic heterocycles. The van der Waals surface area contributed by atoms with E-state index in [1.807, 2.05) is 47.1 Å². The van der Waals surface area contributed by atoms with E-state index in [2.05, 4.69) is 22.2 Å². The average Bonchev–Trinajstić information content (AvgIpc) is 3.11. The van der Waals surface area contributed by atoms with Crippen molar-refractivity contribution in [1.29, 1.82) is 0 Å². The van der Waals surface area contributed by atoms with E-state index in [-0.39, 0.29) is 18.0 Å². The Bertz CT molecular complexity index is 891. The molecule has 4 rings (SSSR count). The smallest absolute Gasteiger partial charge is 0.231 e. The number of hydrogen-bond donors (Lipinski definition) is 0. The zero-order chi connectivity index (χ0) is 17.4. The van der Waals surface area contributed by atoms with Crippen LogP contribution in [0, 0.1) is 0 Å². The molecule has 0 radical (unpaired) electrons. The Morgan fingerprint density at radius 2 is 1.72 bits per heavy atom. The molecule has 0 saturated carbocycles. The highest BCUT2D eigenvalue weighted by molar-refractivity contribution is 6.30. The van der Waals surface area contributed by atoms with Crippen molar-refractivity contribution >= 4 is 23.5 Å². The summed E-state index contributed by atoms with van der Waals surface area (Å²) in [6.07, 6.45) is 2.23. The van der Waals surface area contributed by atoms with Crippen molar-refractivity contribution in [1.82, 2.24) is 14.8 Å². The molecule has 1 aromatic heterocycles. The fraction of sp³-hybridized carbons (Fsp3) is 0.211. The number of fused-ring (bicyclic) bond motifs is 1. The predicted octanol–water partition coefficient (Wildman–Crippen LogP) is 4.02. The Kier molecular flexibility index (Phi) is 4.01. The number of anilines is 1. The summed E-state index contributed by atoms with van der Waals surface area (Å²) in [4.78, 5) is 18.4. The average molecular weight is 353 g/mol. The topological polar surface area (TPSA) is 51.0 Å². The van der Waals surface area contributed by atoms with Gasteiger partial charge in [-0.15, -0.1) is 0 Å². The third-order valence-corrected chi connectivity index (χ3v) is 4.85. The van der Waals surface area contributed by atoms with Crippen molar-refractivity contribution in [2.45, 2.75) is 25.4 Å². The Labute approximate surface area is 150 Å². The van der Waals surface area contributed by atoms with E-state index < -0.39 is 0 Å². The van der Waals surface area contributed by atoms with Gasteiger partial charge < -0.3 is 0 Å². The lowest BCUT2D eigenvalue weighted by Gasteiger charge is -2.38. The number of benzene rings is 2. The van der Waals surface area contributed by atoms with E-state index in [1.54, 1.807) is 11.8 Å². The summed E-state index contributed by atoms with van der Waals surface area (Å²) in [7, 11) is 0. The van der Waals surface area contributed by atoms with Crippen molar-refractivity contribution in [3.8, 4) is 0 Å². The van der Waals surface area contributed by atoms with E-state index in [1.165, 1.54) is 6.33 Å². The number of rotatable bonds is 2. The minimum absolute atomic E-state index is 0.0231. The molecule has 126 valence electrons. The van der Waals surface area contributed by atoms with Gasteiger partial charge in [-0.3, -0.25) is 9.69 Å². The third-order valence-electron chi connectivity index (χ3n) is 4.60. The van der Waals surface area contributed by atoms with E-state index in [9.17, 15) is 4.79 Å². The summed E-state index contributed by atoms with van der Waals surface area (Å²) >= 11 is 6.03. The molecule has 2 heterocycles. The summed E-state index contributed by atoms with van der Waals surface area (Å²) < 4.78 is 1.84. The SMILES string of the molecule is CC(=O)N1c2ncnn2C(c2ccccc2)CC1c1ccc(Cl)cc1. The van der Waals surface area contributed by atoms with Crippen LogP contribution in [0.1, 0.15) is 36.6 Å². The summed E-state index contributed by atoms with van der Waals surface area (Å²) in [5, 5.41) is 5.06. The highest BCUT2D eigenvalue weighted by Gasteiger charge is 2.37. The van der Waals surface area contributed by atoms with Crippen LogP contribution in [0.5, 0.6) is 0 Å². The molecule has 0 aliphatic carbocycles. The number of amides is 1. The maximum atomic E-state index is 12.4. The number of nitrogens with zero attached hydrogens (tertiary/aromatic N) is 4. The fourth-order valence-corrected chi connectivity index (χ4v) is 3.60. The zero-order valence-electron chi connectivity index (χ0n) is 13.7. The molecule has 0 N–H and O–H groups in total. The fourth-order valence-electron chi connectivity index (χ4n) is 3.48. The van der Waals surface area contributed by atoms with Crippen LogP contribution in [0.2, 0.25) is 5.02 Å². The maximum absolute atomic E-state index is 12.4. The van der Waals surface area contributed by atoms with Crippen LogP contribution in [0.25, 0.3) is 0 Å². The van der Waals surface area contributed by atoms with Gasteiger partial charge >= 0.3 is 0 Å². The standard InChI is InChI=1S/C19H17ClN4O/c1-13(25)23-17(15-7-9-16(20)10-8-15)11-18(14-5-3-2-4-6-14)24-19(23)21-12-22-24/h2-10,12,17-18H,11H2,1H3. The second-order valence-corrected chi connectivity index (χ2v) is 6.56. The third kappa shape index (κ3) is 2.81. The summed E-state index contributed by atoms with van der Waals surface area (Å²) in [6, 6.07) is 17.7. The minimum Gasteiger partial charge on any atom is -0.275 e. The van der Waals surface area contributed by atoms with Crippen LogP contribution in [-0.4, -0.2) is 20.7 Å². The minimum atomic E-state index is -0.114. The van der Waals surface area contributed by atoms with Gasteiger partial charge in [0.15, 0.2) is 0 Å². The summed E-state index contributed by atoms with van der Waals surface area (Å²) in [6.45, 7) is 1.56.